The highest BCUT2D eigenvalue weighted by Gasteiger charge is 2.36. The normalized spacial score (nSPS) is 14.4. The molecule has 1 aliphatic rings. The fourth-order valence-electron chi connectivity index (χ4n) is 4.98. The molecule has 0 heterocycles. The van der Waals surface area contributed by atoms with Crippen molar-refractivity contribution in [3.05, 3.63) is 95.6 Å². The number of ether oxygens (including phenoxy) is 2. The Bertz CT molecular complexity index is 1270. The van der Waals surface area contributed by atoms with Gasteiger partial charge in [-0.3, -0.25) is 4.79 Å². The van der Waals surface area contributed by atoms with Crippen LogP contribution < -0.4 is 5.32 Å². The third-order valence-electron chi connectivity index (χ3n) is 7.16. The minimum Gasteiger partial charge on any atom is -0.480 e. The van der Waals surface area contributed by atoms with E-state index in [4.69, 9.17) is 9.47 Å². The van der Waals surface area contributed by atoms with Crippen molar-refractivity contribution in [2.75, 3.05) is 13.2 Å². The van der Waals surface area contributed by atoms with E-state index in [2.05, 4.69) is 17.4 Å². The number of likely N-dealkylation sites (N-methyl/N-ethyl adjacent to an activating group) is 1. The van der Waals surface area contributed by atoms with Crippen LogP contribution in [0, 0.1) is 0 Å². The number of carbonyl (C=O) groups excluding carboxylic acids is 2. The maximum Gasteiger partial charge on any atom is 0.407 e. The highest BCUT2D eigenvalue weighted by molar-refractivity contribution is 5.89. The molecule has 2 N–H and O–H groups in total. The van der Waals surface area contributed by atoms with Gasteiger partial charge in [0.1, 0.15) is 18.7 Å². The smallest absolute Gasteiger partial charge is 0.407 e. The van der Waals surface area contributed by atoms with Gasteiger partial charge in [-0.05, 0) is 48.6 Å². The van der Waals surface area contributed by atoms with E-state index in [-0.39, 0.29) is 25.7 Å². The molecule has 0 radical (unpaired) electrons. The Labute approximate surface area is 228 Å². The first-order valence-electron chi connectivity index (χ1n) is 13.1. The molecule has 1 aliphatic carbocycles. The number of nitrogens with zero attached hydrogens (tertiary/aromatic N) is 1. The van der Waals surface area contributed by atoms with E-state index in [1.165, 1.54) is 11.8 Å². The van der Waals surface area contributed by atoms with Crippen molar-refractivity contribution in [3.63, 3.8) is 0 Å². The summed E-state index contributed by atoms with van der Waals surface area (Å²) in [6.45, 7) is 5.26. The lowest BCUT2D eigenvalue weighted by Gasteiger charge is -2.32. The van der Waals surface area contributed by atoms with E-state index in [9.17, 15) is 19.5 Å². The molecule has 3 aromatic rings. The van der Waals surface area contributed by atoms with Crippen LogP contribution in [0.15, 0.2) is 78.9 Å². The molecule has 8 heteroatoms. The quantitative estimate of drug-likeness (QED) is 0.368. The predicted octanol–water partition coefficient (Wildman–Crippen LogP) is 4.82. The fourth-order valence-corrected chi connectivity index (χ4v) is 4.98. The van der Waals surface area contributed by atoms with Crippen molar-refractivity contribution in [2.24, 2.45) is 0 Å². The van der Waals surface area contributed by atoms with E-state index in [1.54, 1.807) is 13.8 Å². The minimum absolute atomic E-state index is 0.0864. The Kier molecular flexibility index (Phi) is 8.99. The van der Waals surface area contributed by atoms with Crippen LogP contribution >= 0.6 is 0 Å². The summed E-state index contributed by atoms with van der Waals surface area (Å²) in [6, 6.07) is 23.3. The van der Waals surface area contributed by atoms with Crippen LogP contribution in [0.25, 0.3) is 11.1 Å². The molecule has 0 fully saturated rings. The van der Waals surface area contributed by atoms with E-state index in [0.717, 1.165) is 27.8 Å². The van der Waals surface area contributed by atoms with Crippen LogP contribution in [0.3, 0.4) is 0 Å². The molecule has 3 atom stereocenters. The summed E-state index contributed by atoms with van der Waals surface area (Å²) in [5.74, 6) is -1.83. The van der Waals surface area contributed by atoms with Gasteiger partial charge < -0.3 is 24.8 Å². The number of carbonyl (C=O) groups is 3. The van der Waals surface area contributed by atoms with Gasteiger partial charge in [-0.15, -0.1) is 0 Å². The summed E-state index contributed by atoms with van der Waals surface area (Å²) in [4.78, 5) is 39.4. The number of carboxylic acid groups (broad SMARTS) is 1. The standard InChI is InChI=1S/C31H34N2O6/c1-4-33(20(2)30(35)36)29(34)28(21(3)38-18-22-12-6-5-7-13-22)32-31(37)39-19-27-25-16-10-8-14-23(25)24-15-9-11-17-26(24)27/h5-17,20-21,27-28H,4,18-19H2,1-3H3,(H,32,37)(H,35,36). The number of aliphatic carboxylic acids is 1. The molecule has 3 aromatic carbocycles. The van der Waals surface area contributed by atoms with Gasteiger partial charge in [0.2, 0.25) is 5.91 Å². The first-order chi connectivity index (χ1) is 18.8. The van der Waals surface area contributed by atoms with E-state index in [1.807, 2.05) is 66.7 Å². The Balaban J connectivity index is 1.49. The fraction of sp³-hybridized carbons (Fsp3) is 0.323. The molecule has 0 aromatic heterocycles. The van der Waals surface area contributed by atoms with Crippen LogP contribution in [0.2, 0.25) is 0 Å². The van der Waals surface area contributed by atoms with Gasteiger partial charge in [-0.1, -0.05) is 78.9 Å². The zero-order chi connectivity index (χ0) is 27.9. The Morgan fingerprint density at radius 3 is 2.03 bits per heavy atom. The van der Waals surface area contributed by atoms with Gasteiger partial charge >= 0.3 is 12.1 Å². The molecule has 8 nitrogen and oxygen atoms in total. The number of amides is 2. The molecule has 0 spiro atoms. The predicted molar refractivity (Wildman–Crippen MR) is 147 cm³/mol. The second-order valence-electron chi connectivity index (χ2n) is 9.59. The second-order valence-corrected chi connectivity index (χ2v) is 9.59. The van der Waals surface area contributed by atoms with Crippen molar-refractivity contribution >= 4 is 18.0 Å². The molecule has 39 heavy (non-hydrogen) atoms. The molecule has 0 aliphatic heterocycles. The third-order valence-corrected chi connectivity index (χ3v) is 7.16. The highest BCUT2D eigenvalue weighted by Crippen LogP contribution is 2.44. The average Bonchev–Trinajstić information content (AvgIpc) is 3.27. The number of fused-ring (bicyclic) bond motifs is 3. The number of benzene rings is 3. The van der Waals surface area contributed by atoms with Crippen LogP contribution in [0.5, 0.6) is 0 Å². The average molecular weight is 531 g/mol. The van der Waals surface area contributed by atoms with Gasteiger partial charge in [-0.25, -0.2) is 9.59 Å². The number of nitrogens with one attached hydrogen (secondary N) is 1. The number of hydrogen-bond acceptors (Lipinski definition) is 5. The van der Waals surface area contributed by atoms with Crippen LogP contribution in [-0.2, 0) is 25.7 Å². The van der Waals surface area contributed by atoms with Crippen molar-refractivity contribution in [2.45, 2.75) is 51.5 Å². The molecule has 204 valence electrons. The molecular formula is C31H34N2O6. The van der Waals surface area contributed by atoms with E-state index < -0.39 is 36.2 Å². The largest absolute Gasteiger partial charge is 0.480 e. The lowest BCUT2D eigenvalue weighted by molar-refractivity contribution is -0.151. The van der Waals surface area contributed by atoms with Crippen LogP contribution in [0.4, 0.5) is 4.79 Å². The zero-order valence-electron chi connectivity index (χ0n) is 22.4. The van der Waals surface area contributed by atoms with E-state index in [0.29, 0.717) is 0 Å². The van der Waals surface area contributed by atoms with Crippen LogP contribution in [0.1, 0.15) is 43.4 Å². The molecule has 3 unspecified atom stereocenters. The van der Waals surface area contributed by atoms with E-state index >= 15 is 0 Å². The maximum atomic E-state index is 13.5. The van der Waals surface area contributed by atoms with Crippen molar-refractivity contribution < 1.29 is 29.0 Å². The number of rotatable bonds is 11. The monoisotopic (exact) mass is 530 g/mol. The molecular weight excluding hydrogens is 496 g/mol. The molecule has 0 saturated heterocycles. The SMILES string of the molecule is CCN(C(=O)C(NC(=O)OCC1c2ccccc2-c2ccccc21)C(C)OCc1ccccc1)C(C)C(=O)O. The number of carboxylic acids is 1. The van der Waals surface area contributed by atoms with Gasteiger partial charge in [0.15, 0.2) is 0 Å². The second kappa shape index (κ2) is 12.6. The summed E-state index contributed by atoms with van der Waals surface area (Å²) in [7, 11) is 0. The summed E-state index contributed by atoms with van der Waals surface area (Å²) < 4.78 is 11.6. The Morgan fingerprint density at radius 1 is 0.897 bits per heavy atom. The van der Waals surface area contributed by atoms with Crippen molar-refractivity contribution in [1.82, 2.24) is 10.2 Å². The number of hydrogen-bond donors (Lipinski definition) is 2. The first-order valence-corrected chi connectivity index (χ1v) is 13.1. The molecule has 4 rings (SSSR count). The summed E-state index contributed by atoms with van der Waals surface area (Å²) >= 11 is 0. The topological polar surface area (TPSA) is 105 Å². The van der Waals surface area contributed by atoms with Gasteiger partial charge in [0.05, 0.1) is 12.7 Å². The Hall–Kier alpha value is -4.17. The highest BCUT2D eigenvalue weighted by atomic mass is 16.5. The lowest BCUT2D eigenvalue weighted by Crippen LogP contribution is -2.57. The van der Waals surface area contributed by atoms with Gasteiger partial charge in [-0.2, -0.15) is 0 Å². The summed E-state index contributed by atoms with van der Waals surface area (Å²) in [5, 5.41) is 12.2. The summed E-state index contributed by atoms with van der Waals surface area (Å²) in [5.41, 5.74) is 5.28. The summed E-state index contributed by atoms with van der Waals surface area (Å²) in [6.07, 6.45) is -1.53. The van der Waals surface area contributed by atoms with Crippen molar-refractivity contribution in [3.8, 4) is 11.1 Å². The maximum absolute atomic E-state index is 13.5. The van der Waals surface area contributed by atoms with Gasteiger partial charge in [0, 0.05) is 12.5 Å². The van der Waals surface area contributed by atoms with Crippen molar-refractivity contribution in [1.29, 1.82) is 0 Å². The molecule has 2 amide bonds. The Morgan fingerprint density at radius 2 is 1.46 bits per heavy atom. The zero-order valence-corrected chi connectivity index (χ0v) is 22.4. The van der Waals surface area contributed by atoms with Crippen LogP contribution in [-0.4, -0.2) is 59.3 Å². The number of alkyl carbamates (subject to hydrolysis) is 1. The minimum atomic E-state index is -1.15. The molecule has 0 bridgehead atoms. The lowest BCUT2D eigenvalue weighted by atomic mass is 9.98. The first kappa shape index (κ1) is 27.9. The molecule has 0 saturated carbocycles. The third kappa shape index (κ3) is 6.29. The van der Waals surface area contributed by atoms with Gasteiger partial charge in [0.25, 0.3) is 0 Å².